The highest BCUT2D eigenvalue weighted by Crippen LogP contribution is 2.28. The molecule has 2 rings (SSSR count). The first-order valence-electron chi connectivity index (χ1n) is 5.86. The quantitative estimate of drug-likeness (QED) is 0.791. The molecule has 0 spiro atoms. The summed E-state index contributed by atoms with van der Waals surface area (Å²) in [6.45, 7) is 2.32. The predicted molar refractivity (Wildman–Crippen MR) is 71.2 cm³/mol. The predicted octanol–water partition coefficient (Wildman–Crippen LogP) is 1.60. The van der Waals surface area contributed by atoms with Crippen molar-refractivity contribution >= 4 is 19.6 Å². The Balaban J connectivity index is 2.01. The van der Waals surface area contributed by atoms with Crippen molar-refractivity contribution in [3.05, 3.63) is 34.9 Å². The number of nitrogens with zero attached hydrogens (tertiary/aromatic N) is 1. The summed E-state index contributed by atoms with van der Waals surface area (Å²) < 4.78 is 0. The van der Waals surface area contributed by atoms with Gasteiger partial charge in [-0.2, -0.15) is 0 Å². The van der Waals surface area contributed by atoms with Gasteiger partial charge in [0.05, 0.1) is 0 Å². The average molecular weight is 237 g/mol. The molecule has 1 aromatic carbocycles. The highest BCUT2D eigenvalue weighted by atomic mass is 35.5. The van der Waals surface area contributed by atoms with Crippen molar-refractivity contribution in [1.29, 1.82) is 0 Å². The minimum atomic E-state index is 0.158. The lowest BCUT2D eigenvalue weighted by molar-refractivity contribution is 0.251. The van der Waals surface area contributed by atoms with E-state index in [1.165, 1.54) is 18.4 Å². The second kappa shape index (κ2) is 5.22. The van der Waals surface area contributed by atoms with Crippen LogP contribution in [0.5, 0.6) is 0 Å². The maximum atomic E-state index is 6.30. The molecule has 0 radical (unpaired) electrons. The fraction of sp³-hybridized carbons (Fsp3) is 0.500. The van der Waals surface area contributed by atoms with E-state index in [1.807, 2.05) is 24.3 Å². The van der Waals surface area contributed by atoms with Crippen LogP contribution in [-0.2, 0) is 0 Å². The van der Waals surface area contributed by atoms with Crippen LogP contribution in [0.15, 0.2) is 24.3 Å². The number of rotatable bonds is 2. The van der Waals surface area contributed by atoms with Crippen LogP contribution in [0.2, 0.25) is 5.02 Å². The minimum absolute atomic E-state index is 0.158. The van der Waals surface area contributed by atoms with Gasteiger partial charge in [-0.3, -0.25) is 0 Å². The van der Waals surface area contributed by atoms with Gasteiger partial charge in [0.15, 0.2) is 7.98 Å². The van der Waals surface area contributed by atoms with Crippen molar-refractivity contribution in [2.45, 2.75) is 18.9 Å². The molecule has 1 aliphatic heterocycles. The van der Waals surface area contributed by atoms with Crippen LogP contribution in [-0.4, -0.2) is 25.9 Å². The van der Waals surface area contributed by atoms with Gasteiger partial charge in [0.2, 0.25) is 0 Å². The Kier molecular flexibility index (Phi) is 3.90. The van der Waals surface area contributed by atoms with Gasteiger partial charge in [-0.1, -0.05) is 23.7 Å². The average Bonchev–Trinajstić information content (AvgIpc) is 2.30. The third-order valence-electron chi connectivity index (χ3n) is 3.53. The van der Waals surface area contributed by atoms with E-state index in [-0.39, 0.29) is 6.04 Å². The van der Waals surface area contributed by atoms with Gasteiger partial charge in [0, 0.05) is 11.1 Å². The maximum absolute atomic E-state index is 6.30. The Hall–Kier alpha value is -0.505. The normalized spacial score (nSPS) is 20.9. The standard InChI is InChI=1S/C12H18BClN2/c13-16-7-5-10(6-8-16)12(15)9-1-3-11(14)4-2-9/h1-4,10,12H,5-8,13,15H2. The second-order valence-electron chi connectivity index (χ2n) is 4.72. The minimum Gasteiger partial charge on any atom is -0.349 e. The second-order valence-corrected chi connectivity index (χ2v) is 5.15. The van der Waals surface area contributed by atoms with Crippen LogP contribution in [0.4, 0.5) is 0 Å². The van der Waals surface area contributed by atoms with Gasteiger partial charge in [0.25, 0.3) is 0 Å². The van der Waals surface area contributed by atoms with E-state index < -0.39 is 0 Å². The SMILES string of the molecule is BN1CCC(C(N)c2ccc(Cl)cc2)CC1. The molecule has 1 heterocycles. The fourth-order valence-corrected chi connectivity index (χ4v) is 2.47. The molecule has 1 aromatic rings. The fourth-order valence-electron chi connectivity index (χ4n) is 2.34. The zero-order valence-corrected chi connectivity index (χ0v) is 10.5. The molecule has 1 aliphatic rings. The van der Waals surface area contributed by atoms with Crippen LogP contribution >= 0.6 is 11.6 Å². The summed E-state index contributed by atoms with van der Waals surface area (Å²) in [7, 11) is 2.17. The largest absolute Gasteiger partial charge is 0.349 e. The van der Waals surface area contributed by atoms with Crippen molar-refractivity contribution < 1.29 is 0 Å². The molecule has 1 unspecified atom stereocenters. The monoisotopic (exact) mass is 236 g/mol. The topological polar surface area (TPSA) is 29.3 Å². The van der Waals surface area contributed by atoms with E-state index >= 15 is 0 Å². The van der Waals surface area contributed by atoms with Gasteiger partial charge in [-0.05, 0) is 49.5 Å². The van der Waals surface area contributed by atoms with Crippen LogP contribution in [0.3, 0.4) is 0 Å². The molecule has 2 N–H and O–H groups in total. The number of piperidine rings is 1. The Bertz CT molecular complexity index is 333. The van der Waals surface area contributed by atoms with Gasteiger partial charge in [0.1, 0.15) is 0 Å². The zero-order chi connectivity index (χ0) is 11.5. The Labute approximate surface area is 103 Å². The summed E-state index contributed by atoms with van der Waals surface area (Å²) in [4.78, 5) is 2.37. The van der Waals surface area contributed by atoms with Gasteiger partial charge in [-0.25, -0.2) is 0 Å². The molecule has 1 saturated heterocycles. The van der Waals surface area contributed by atoms with Crippen molar-refractivity contribution in [2.75, 3.05) is 13.1 Å². The zero-order valence-electron chi connectivity index (χ0n) is 9.70. The number of hydrogen-bond donors (Lipinski definition) is 1. The third-order valence-corrected chi connectivity index (χ3v) is 3.78. The van der Waals surface area contributed by atoms with Crippen molar-refractivity contribution in [1.82, 2.24) is 4.81 Å². The van der Waals surface area contributed by atoms with Crippen LogP contribution < -0.4 is 5.73 Å². The molecule has 0 saturated carbocycles. The van der Waals surface area contributed by atoms with Crippen molar-refractivity contribution in [3.8, 4) is 0 Å². The lowest BCUT2D eigenvalue weighted by Crippen LogP contribution is -2.35. The summed E-state index contributed by atoms with van der Waals surface area (Å²) in [6, 6.07) is 8.10. The first kappa shape index (κ1) is 12.0. The van der Waals surface area contributed by atoms with E-state index in [9.17, 15) is 0 Å². The van der Waals surface area contributed by atoms with Crippen molar-refractivity contribution in [2.24, 2.45) is 11.7 Å². The molecule has 0 aromatic heterocycles. The summed E-state index contributed by atoms with van der Waals surface area (Å²) >= 11 is 5.87. The smallest absolute Gasteiger partial charge is 0.185 e. The number of benzene rings is 1. The summed E-state index contributed by atoms with van der Waals surface area (Å²) in [6.07, 6.45) is 2.39. The lowest BCUT2D eigenvalue weighted by atomic mass is 9.85. The van der Waals surface area contributed by atoms with E-state index in [1.54, 1.807) is 0 Å². The van der Waals surface area contributed by atoms with E-state index in [4.69, 9.17) is 17.3 Å². The lowest BCUT2D eigenvalue weighted by Gasteiger charge is -2.33. The van der Waals surface area contributed by atoms with E-state index in [2.05, 4.69) is 12.8 Å². The highest BCUT2D eigenvalue weighted by Gasteiger charge is 2.23. The Morgan fingerprint density at radius 3 is 2.38 bits per heavy atom. The third kappa shape index (κ3) is 2.79. The van der Waals surface area contributed by atoms with Gasteiger partial charge in [-0.15, -0.1) is 0 Å². The van der Waals surface area contributed by atoms with Crippen LogP contribution in [0.1, 0.15) is 24.4 Å². The number of halogens is 1. The molecular weight excluding hydrogens is 218 g/mol. The molecule has 1 atom stereocenters. The summed E-state index contributed by atoms with van der Waals surface area (Å²) in [5.41, 5.74) is 7.51. The van der Waals surface area contributed by atoms with Gasteiger partial charge < -0.3 is 10.5 Å². The van der Waals surface area contributed by atoms with Gasteiger partial charge >= 0.3 is 0 Å². The first-order valence-corrected chi connectivity index (χ1v) is 6.24. The van der Waals surface area contributed by atoms with Crippen LogP contribution in [0.25, 0.3) is 0 Å². The Morgan fingerprint density at radius 1 is 1.25 bits per heavy atom. The molecule has 4 heteroatoms. The molecule has 0 amide bonds. The van der Waals surface area contributed by atoms with E-state index in [0.717, 1.165) is 18.1 Å². The molecule has 2 nitrogen and oxygen atoms in total. The van der Waals surface area contributed by atoms with Crippen molar-refractivity contribution in [3.63, 3.8) is 0 Å². The molecular formula is C12H18BClN2. The molecule has 86 valence electrons. The first-order chi connectivity index (χ1) is 7.66. The molecule has 0 bridgehead atoms. The number of nitrogens with two attached hydrogens (primary N) is 1. The molecule has 1 fully saturated rings. The summed E-state index contributed by atoms with van der Waals surface area (Å²) in [5.74, 6) is 0.609. The summed E-state index contributed by atoms with van der Waals surface area (Å²) in [5, 5.41) is 0.777. The highest BCUT2D eigenvalue weighted by molar-refractivity contribution is 6.30. The molecule has 16 heavy (non-hydrogen) atoms. The maximum Gasteiger partial charge on any atom is 0.185 e. The van der Waals surface area contributed by atoms with Crippen LogP contribution in [0, 0.1) is 5.92 Å². The Morgan fingerprint density at radius 2 is 1.81 bits per heavy atom. The number of hydrogen-bond acceptors (Lipinski definition) is 2. The molecule has 0 aliphatic carbocycles. The van der Waals surface area contributed by atoms with E-state index in [0.29, 0.717) is 5.92 Å².